The summed E-state index contributed by atoms with van der Waals surface area (Å²) in [7, 11) is 0. The summed E-state index contributed by atoms with van der Waals surface area (Å²) < 4.78 is 8.86. The van der Waals surface area contributed by atoms with E-state index in [1.165, 1.54) is 27.4 Å². The lowest BCUT2D eigenvalue weighted by atomic mass is 9.96. The number of nitrogens with zero attached hydrogens (tertiary/aromatic N) is 3. The van der Waals surface area contributed by atoms with Crippen LogP contribution in [-0.2, 0) is 0 Å². The average molecular weight is 640 g/mol. The highest BCUT2D eigenvalue weighted by molar-refractivity contribution is 6.17. The predicted molar refractivity (Wildman–Crippen MR) is 205 cm³/mol. The molecule has 3 aromatic heterocycles. The zero-order valence-electron chi connectivity index (χ0n) is 27.0. The quantitative estimate of drug-likeness (QED) is 0.188. The molecular weight excluding hydrogens is 611 g/mol. The van der Waals surface area contributed by atoms with Crippen LogP contribution in [0, 0.1) is 0 Å². The Morgan fingerprint density at radius 1 is 0.440 bits per heavy atom. The topological polar surface area (TPSA) is 43.9 Å². The maximum atomic E-state index is 6.48. The van der Waals surface area contributed by atoms with Crippen molar-refractivity contribution in [1.82, 2.24) is 14.5 Å². The first-order valence-electron chi connectivity index (χ1n) is 16.8. The summed E-state index contributed by atoms with van der Waals surface area (Å²) in [4.78, 5) is 10.2. The third-order valence-corrected chi connectivity index (χ3v) is 9.61. The molecule has 0 saturated heterocycles. The number of hydrogen-bond donors (Lipinski definition) is 0. The van der Waals surface area contributed by atoms with Gasteiger partial charge in [0, 0.05) is 33.0 Å². The van der Waals surface area contributed by atoms with E-state index >= 15 is 0 Å². The molecule has 0 N–H and O–H groups in total. The van der Waals surface area contributed by atoms with Crippen molar-refractivity contribution in [2.45, 2.75) is 0 Å². The fourth-order valence-electron chi connectivity index (χ4n) is 7.31. The largest absolute Gasteiger partial charge is 0.452 e. The number of furan rings is 1. The van der Waals surface area contributed by atoms with Crippen molar-refractivity contribution in [3.05, 3.63) is 176 Å². The molecule has 0 aliphatic carbocycles. The van der Waals surface area contributed by atoms with Gasteiger partial charge in [0.1, 0.15) is 16.8 Å². The molecule has 0 atom stereocenters. The Balaban J connectivity index is 1.23. The molecule has 0 amide bonds. The Hall–Kier alpha value is -6.78. The van der Waals surface area contributed by atoms with Crippen LogP contribution in [0.3, 0.4) is 0 Å². The fraction of sp³-hybridized carbons (Fsp3) is 0. The van der Waals surface area contributed by atoms with E-state index in [1.54, 1.807) is 0 Å². The predicted octanol–water partition coefficient (Wildman–Crippen LogP) is 12.1. The second-order valence-corrected chi connectivity index (χ2v) is 12.6. The number of fused-ring (bicyclic) bond motifs is 6. The molecule has 0 aliphatic heterocycles. The lowest BCUT2D eigenvalue weighted by Gasteiger charge is -2.10. The molecule has 3 heterocycles. The van der Waals surface area contributed by atoms with Crippen molar-refractivity contribution < 1.29 is 4.42 Å². The summed E-state index contributed by atoms with van der Waals surface area (Å²) in [5.74, 6) is 0.673. The van der Waals surface area contributed by atoms with Crippen LogP contribution in [0.4, 0.5) is 0 Å². The Morgan fingerprint density at radius 3 is 1.94 bits per heavy atom. The van der Waals surface area contributed by atoms with E-state index in [4.69, 9.17) is 14.4 Å². The van der Waals surface area contributed by atoms with E-state index in [0.717, 1.165) is 55.6 Å². The van der Waals surface area contributed by atoms with Crippen LogP contribution >= 0.6 is 0 Å². The third-order valence-electron chi connectivity index (χ3n) is 9.61. The highest BCUT2D eigenvalue weighted by Crippen LogP contribution is 2.42. The molecule has 0 unspecified atom stereocenters. The van der Waals surface area contributed by atoms with Gasteiger partial charge in [-0.15, -0.1) is 0 Å². The van der Waals surface area contributed by atoms with Crippen LogP contribution < -0.4 is 0 Å². The summed E-state index contributed by atoms with van der Waals surface area (Å²) >= 11 is 0. The normalized spacial score (nSPS) is 11.6. The summed E-state index contributed by atoms with van der Waals surface area (Å²) in [5, 5.41) is 3.40. The Bertz CT molecular complexity index is 2850. The first-order valence-corrected chi connectivity index (χ1v) is 16.8. The zero-order chi connectivity index (χ0) is 33.0. The number of aromatic nitrogens is 3. The standard InChI is InChI=1S/C46H29N3O/c1-4-14-30(15-5-1)32-26-27-39-38(29-32)42-36(23-13-24-40(42)49(39)35-20-8-3-9-21-35)33-18-12-19-34(28-33)43-45-44(37-22-10-11-25-41(37)50-45)48-46(47-43)31-16-6-2-7-17-31/h1-29H. The van der Waals surface area contributed by atoms with Crippen molar-refractivity contribution >= 4 is 43.9 Å². The molecule has 50 heavy (non-hydrogen) atoms. The van der Waals surface area contributed by atoms with Crippen molar-refractivity contribution in [1.29, 1.82) is 0 Å². The van der Waals surface area contributed by atoms with Gasteiger partial charge in [-0.1, -0.05) is 127 Å². The first-order chi connectivity index (χ1) is 24.8. The van der Waals surface area contributed by atoms with E-state index < -0.39 is 0 Å². The molecule has 0 saturated carbocycles. The van der Waals surface area contributed by atoms with Crippen molar-refractivity contribution in [2.75, 3.05) is 0 Å². The van der Waals surface area contributed by atoms with Gasteiger partial charge in [0.15, 0.2) is 11.4 Å². The maximum Gasteiger partial charge on any atom is 0.180 e. The molecule has 234 valence electrons. The van der Waals surface area contributed by atoms with Gasteiger partial charge in [0.05, 0.1) is 11.0 Å². The van der Waals surface area contributed by atoms with Crippen LogP contribution in [0.25, 0.3) is 94.5 Å². The molecule has 0 fully saturated rings. The minimum atomic E-state index is 0.673. The van der Waals surface area contributed by atoms with Gasteiger partial charge < -0.3 is 8.98 Å². The molecule has 4 nitrogen and oxygen atoms in total. The first kappa shape index (κ1) is 28.3. The van der Waals surface area contributed by atoms with E-state index in [2.05, 4.69) is 144 Å². The SMILES string of the molecule is c1ccc(-c2ccc3c(c2)c2c(-c4cccc(-c5nc(-c6ccccc6)nc6c5oc5ccccc56)c4)cccc2n3-c2ccccc2)cc1. The molecule has 4 heteroatoms. The van der Waals surface area contributed by atoms with Crippen molar-refractivity contribution in [3.63, 3.8) is 0 Å². The summed E-state index contributed by atoms with van der Waals surface area (Å²) in [5.41, 5.74) is 13.1. The van der Waals surface area contributed by atoms with E-state index in [0.29, 0.717) is 11.4 Å². The molecular formula is C46H29N3O. The molecule has 7 aromatic carbocycles. The van der Waals surface area contributed by atoms with Gasteiger partial charge in [-0.2, -0.15) is 0 Å². The monoisotopic (exact) mass is 639 g/mol. The van der Waals surface area contributed by atoms with Crippen LogP contribution in [0.5, 0.6) is 0 Å². The molecule has 10 aromatic rings. The second-order valence-electron chi connectivity index (χ2n) is 12.6. The highest BCUT2D eigenvalue weighted by atomic mass is 16.3. The van der Waals surface area contributed by atoms with Gasteiger partial charge in [-0.3, -0.25) is 0 Å². The fourth-order valence-corrected chi connectivity index (χ4v) is 7.31. The molecule has 0 bridgehead atoms. The van der Waals surface area contributed by atoms with Crippen LogP contribution in [-0.4, -0.2) is 14.5 Å². The van der Waals surface area contributed by atoms with E-state index in [1.807, 2.05) is 36.4 Å². The maximum absolute atomic E-state index is 6.48. The minimum Gasteiger partial charge on any atom is -0.452 e. The van der Waals surface area contributed by atoms with Crippen LogP contribution in [0.1, 0.15) is 0 Å². The third kappa shape index (κ3) is 4.54. The van der Waals surface area contributed by atoms with Gasteiger partial charge in [0.25, 0.3) is 0 Å². The number of rotatable bonds is 5. The summed E-state index contributed by atoms with van der Waals surface area (Å²) in [6.45, 7) is 0. The average Bonchev–Trinajstić information content (AvgIpc) is 3.74. The lowest BCUT2D eigenvalue weighted by Crippen LogP contribution is -1.94. The molecule has 10 rings (SSSR count). The van der Waals surface area contributed by atoms with Gasteiger partial charge in [0.2, 0.25) is 0 Å². The zero-order valence-corrected chi connectivity index (χ0v) is 27.0. The second kappa shape index (κ2) is 11.4. The molecule has 0 spiro atoms. The van der Waals surface area contributed by atoms with Gasteiger partial charge >= 0.3 is 0 Å². The van der Waals surface area contributed by atoms with E-state index in [-0.39, 0.29) is 0 Å². The number of hydrogen-bond acceptors (Lipinski definition) is 3. The summed E-state index contributed by atoms with van der Waals surface area (Å²) in [6, 6.07) is 61.6. The van der Waals surface area contributed by atoms with Crippen LogP contribution in [0.2, 0.25) is 0 Å². The van der Waals surface area contributed by atoms with Gasteiger partial charge in [-0.05, 0) is 70.8 Å². The molecule has 0 aliphatic rings. The summed E-state index contributed by atoms with van der Waals surface area (Å²) in [6.07, 6.45) is 0. The number of para-hydroxylation sites is 2. The molecule has 0 radical (unpaired) electrons. The lowest BCUT2D eigenvalue weighted by molar-refractivity contribution is 0.667. The Kier molecular flexibility index (Phi) is 6.46. The van der Waals surface area contributed by atoms with Crippen molar-refractivity contribution in [3.8, 4) is 50.6 Å². The van der Waals surface area contributed by atoms with E-state index in [9.17, 15) is 0 Å². The number of benzene rings is 7. The Morgan fingerprint density at radius 2 is 1.12 bits per heavy atom. The Labute approximate surface area is 288 Å². The smallest absolute Gasteiger partial charge is 0.180 e. The van der Waals surface area contributed by atoms with Crippen LogP contribution in [0.15, 0.2) is 180 Å². The highest BCUT2D eigenvalue weighted by Gasteiger charge is 2.20. The van der Waals surface area contributed by atoms with Crippen molar-refractivity contribution in [2.24, 2.45) is 0 Å². The minimum absolute atomic E-state index is 0.673. The van der Waals surface area contributed by atoms with Gasteiger partial charge in [-0.25, -0.2) is 9.97 Å².